The van der Waals surface area contributed by atoms with Gasteiger partial charge in [0, 0.05) is 0 Å². The molecule has 0 aromatic carbocycles. The molecule has 12 heavy (non-hydrogen) atoms. The average molecular weight is 207 g/mol. The fourth-order valence-electron chi connectivity index (χ4n) is 0.632. The van der Waals surface area contributed by atoms with Crippen molar-refractivity contribution in [1.29, 1.82) is 0 Å². The lowest BCUT2D eigenvalue weighted by atomic mass is 10.3. The molecule has 0 aliphatic heterocycles. The van der Waals surface area contributed by atoms with Gasteiger partial charge in [0.2, 0.25) is 0 Å². The first kappa shape index (κ1) is 9.22. The van der Waals surface area contributed by atoms with E-state index >= 15 is 0 Å². The molecular formula is C6H4Cl2N2O2. The highest BCUT2D eigenvalue weighted by Crippen LogP contribution is 2.14. The van der Waals surface area contributed by atoms with Crippen molar-refractivity contribution >= 4 is 29.4 Å². The average Bonchev–Trinajstić information content (AvgIpc) is 2.03. The maximum atomic E-state index is 10.8. The zero-order valence-electron chi connectivity index (χ0n) is 6.04. The summed E-state index contributed by atoms with van der Waals surface area (Å²) in [6, 6.07) is 1.50. The van der Waals surface area contributed by atoms with Gasteiger partial charge in [0.25, 0.3) is 0 Å². The van der Waals surface area contributed by atoms with E-state index in [-0.39, 0.29) is 10.7 Å². The topological polar surface area (TPSA) is 52.1 Å². The minimum absolute atomic E-state index is 0.0859. The molecule has 0 saturated heterocycles. The van der Waals surface area contributed by atoms with E-state index in [1.54, 1.807) is 6.92 Å². The number of carbonyl (C=O) groups is 1. The van der Waals surface area contributed by atoms with Crippen LogP contribution in [-0.2, 0) is 4.29 Å². The number of nitrogens with zero attached hydrogens (tertiary/aromatic N) is 2. The Hall–Kier alpha value is -0.870. The number of aromatic nitrogens is 2. The maximum Gasteiger partial charge on any atom is 0.378 e. The molecule has 0 fully saturated rings. The zero-order chi connectivity index (χ0) is 9.14. The van der Waals surface area contributed by atoms with Crippen molar-refractivity contribution in [3.8, 4) is 0 Å². The summed E-state index contributed by atoms with van der Waals surface area (Å²) < 4.78 is 3.90. The Morgan fingerprint density at radius 2 is 2.25 bits per heavy atom. The molecule has 1 aromatic rings. The van der Waals surface area contributed by atoms with E-state index in [4.69, 9.17) is 23.5 Å². The first-order valence-corrected chi connectivity index (χ1v) is 3.66. The summed E-state index contributed by atoms with van der Waals surface area (Å²) in [5.74, 6) is -0.811. The second kappa shape index (κ2) is 3.69. The van der Waals surface area contributed by atoms with E-state index in [0.717, 1.165) is 0 Å². The molecular weight excluding hydrogens is 203 g/mol. The van der Waals surface area contributed by atoms with Gasteiger partial charge in [0.15, 0.2) is 5.69 Å². The van der Waals surface area contributed by atoms with Gasteiger partial charge in [-0.25, -0.2) is 4.79 Å². The van der Waals surface area contributed by atoms with Crippen LogP contribution in [0.3, 0.4) is 0 Å². The molecule has 1 heterocycles. The monoisotopic (exact) mass is 206 g/mol. The normalized spacial score (nSPS) is 9.58. The second-order valence-corrected chi connectivity index (χ2v) is 2.61. The van der Waals surface area contributed by atoms with Crippen molar-refractivity contribution in [2.45, 2.75) is 6.92 Å². The van der Waals surface area contributed by atoms with Crippen LogP contribution < -0.4 is 0 Å². The van der Waals surface area contributed by atoms with Gasteiger partial charge < -0.3 is 4.29 Å². The number of rotatable bonds is 1. The van der Waals surface area contributed by atoms with Gasteiger partial charge in [-0.3, -0.25) is 0 Å². The van der Waals surface area contributed by atoms with Crippen molar-refractivity contribution in [2.24, 2.45) is 0 Å². The maximum absolute atomic E-state index is 10.8. The lowest BCUT2D eigenvalue weighted by molar-refractivity contribution is 0.0744. The zero-order valence-corrected chi connectivity index (χ0v) is 7.56. The van der Waals surface area contributed by atoms with E-state index < -0.39 is 5.97 Å². The summed E-state index contributed by atoms with van der Waals surface area (Å²) in [5.41, 5.74) is 0.531. The predicted molar refractivity (Wildman–Crippen MR) is 43.0 cm³/mol. The Bertz CT molecular complexity index is 316. The highest BCUT2D eigenvalue weighted by atomic mass is 35.5. The third-order valence-electron chi connectivity index (χ3n) is 1.13. The molecule has 64 valence electrons. The summed E-state index contributed by atoms with van der Waals surface area (Å²) in [6.45, 7) is 1.70. The molecule has 0 unspecified atom stereocenters. The molecule has 0 N–H and O–H groups in total. The van der Waals surface area contributed by atoms with Gasteiger partial charge >= 0.3 is 5.97 Å². The van der Waals surface area contributed by atoms with Gasteiger partial charge in [-0.2, -0.15) is 5.10 Å². The van der Waals surface area contributed by atoms with E-state index in [9.17, 15) is 4.79 Å². The minimum Gasteiger partial charge on any atom is -0.342 e. The Labute approximate surface area is 78.6 Å². The van der Waals surface area contributed by atoms with Crippen LogP contribution in [0.1, 0.15) is 16.2 Å². The van der Waals surface area contributed by atoms with Crippen LogP contribution in [0.4, 0.5) is 0 Å². The largest absolute Gasteiger partial charge is 0.378 e. The van der Waals surface area contributed by atoms with Crippen LogP contribution in [0.5, 0.6) is 0 Å². The summed E-state index contributed by atoms with van der Waals surface area (Å²) in [6.07, 6.45) is 0. The highest BCUT2D eigenvalue weighted by molar-refractivity contribution is 6.33. The second-order valence-electron chi connectivity index (χ2n) is 2.05. The SMILES string of the molecule is Cc1cc(Cl)c(C(=O)OCl)nn1. The Morgan fingerprint density at radius 3 is 2.75 bits per heavy atom. The molecule has 0 amide bonds. The van der Waals surface area contributed by atoms with Gasteiger partial charge in [-0.05, 0) is 13.0 Å². The van der Waals surface area contributed by atoms with E-state index in [1.807, 2.05) is 0 Å². The van der Waals surface area contributed by atoms with Crippen LogP contribution >= 0.6 is 23.5 Å². The fourth-order valence-corrected chi connectivity index (χ4v) is 0.978. The van der Waals surface area contributed by atoms with Gasteiger partial charge in [0.05, 0.1) is 10.7 Å². The Kier molecular flexibility index (Phi) is 2.83. The molecule has 1 aromatic heterocycles. The molecule has 0 aliphatic carbocycles. The van der Waals surface area contributed by atoms with Crippen LogP contribution in [0.2, 0.25) is 5.02 Å². The van der Waals surface area contributed by atoms with Crippen LogP contribution in [0, 0.1) is 6.92 Å². The highest BCUT2D eigenvalue weighted by Gasteiger charge is 2.13. The van der Waals surface area contributed by atoms with E-state index in [1.165, 1.54) is 6.07 Å². The molecule has 0 spiro atoms. The molecule has 4 nitrogen and oxygen atoms in total. The Balaban J connectivity index is 3.09. The smallest absolute Gasteiger partial charge is 0.342 e. The van der Waals surface area contributed by atoms with Crippen LogP contribution in [0.25, 0.3) is 0 Å². The van der Waals surface area contributed by atoms with Crippen molar-refractivity contribution in [3.63, 3.8) is 0 Å². The lowest BCUT2D eigenvalue weighted by Crippen LogP contribution is -2.04. The number of hydrogen-bond donors (Lipinski definition) is 0. The van der Waals surface area contributed by atoms with Crippen molar-refractivity contribution in [3.05, 3.63) is 22.5 Å². The van der Waals surface area contributed by atoms with Crippen molar-refractivity contribution < 1.29 is 9.08 Å². The number of halogens is 2. The molecule has 0 bridgehead atoms. The molecule has 0 aliphatic rings. The minimum atomic E-state index is -0.811. The third kappa shape index (κ3) is 1.84. The summed E-state index contributed by atoms with van der Waals surface area (Å²) in [5, 5.41) is 7.30. The van der Waals surface area contributed by atoms with Crippen LogP contribution in [0.15, 0.2) is 6.07 Å². The summed E-state index contributed by atoms with van der Waals surface area (Å²) in [4.78, 5) is 10.8. The van der Waals surface area contributed by atoms with Crippen LogP contribution in [-0.4, -0.2) is 16.2 Å². The summed E-state index contributed by atoms with van der Waals surface area (Å²) in [7, 11) is 0. The summed E-state index contributed by atoms with van der Waals surface area (Å²) >= 11 is 10.5. The lowest BCUT2D eigenvalue weighted by Gasteiger charge is -1.97. The van der Waals surface area contributed by atoms with E-state index in [0.29, 0.717) is 5.69 Å². The van der Waals surface area contributed by atoms with Gasteiger partial charge in [-0.1, -0.05) is 11.6 Å². The number of aryl methyl sites for hydroxylation is 1. The fraction of sp³-hybridized carbons (Fsp3) is 0.167. The number of carbonyl (C=O) groups excluding carboxylic acids is 1. The van der Waals surface area contributed by atoms with Crippen molar-refractivity contribution in [2.75, 3.05) is 0 Å². The quantitative estimate of drug-likeness (QED) is 0.703. The third-order valence-corrected chi connectivity index (χ3v) is 1.56. The molecule has 0 radical (unpaired) electrons. The Morgan fingerprint density at radius 1 is 1.58 bits per heavy atom. The van der Waals surface area contributed by atoms with Gasteiger partial charge in [0.1, 0.15) is 11.9 Å². The van der Waals surface area contributed by atoms with E-state index in [2.05, 4.69) is 14.5 Å². The first-order valence-electron chi connectivity index (χ1n) is 2.98. The first-order chi connectivity index (χ1) is 5.65. The molecule has 1 rings (SSSR count). The standard InChI is InChI=1S/C6H4Cl2N2O2/c1-3-2-4(7)5(10-9-3)6(11)12-8/h2H,1H3. The molecule has 6 heteroatoms. The molecule has 0 atom stereocenters. The number of hydrogen-bond acceptors (Lipinski definition) is 4. The van der Waals surface area contributed by atoms with Crippen molar-refractivity contribution in [1.82, 2.24) is 10.2 Å². The predicted octanol–water partition coefficient (Wildman–Crippen LogP) is 1.75. The molecule has 0 saturated carbocycles. The van der Waals surface area contributed by atoms with Gasteiger partial charge in [-0.15, -0.1) is 5.10 Å².